The average molecular weight is 146 g/mol. The Kier molecular flexibility index (Phi) is 0.878. The van der Waals surface area contributed by atoms with Crippen molar-refractivity contribution < 1.29 is 4.74 Å². The van der Waals surface area contributed by atoms with Crippen LogP contribution in [0.15, 0.2) is 18.2 Å². The van der Waals surface area contributed by atoms with E-state index in [1.54, 1.807) is 0 Å². The molecule has 1 aliphatic heterocycles. The summed E-state index contributed by atoms with van der Waals surface area (Å²) < 4.78 is 5.43. The largest absolute Gasteiger partial charge is 0.364 e. The summed E-state index contributed by atoms with van der Waals surface area (Å²) in [5, 5.41) is 0. The number of fused-ring (bicyclic) bond motifs is 3. The first-order valence-corrected chi connectivity index (χ1v) is 4.10. The van der Waals surface area contributed by atoms with Crippen LogP contribution in [0.5, 0.6) is 0 Å². The second-order valence-corrected chi connectivity index (χ2v) is 3.44. The molecule has 2 aliphatic rings. The molecule has 2 atom stereocenters. The summed E-state index contributed by atoms with van der Waals surface area (Å²) in [6.07, 6.45) is 2.14. The van der Waals surface area contributed by atoms with Crippen molar-refractivity contribution in [2.24, 2.45) is 0 Å². The fourth-order valence-corrected chi connectivity index (χ4v) is 2.04. The van der Waals surface area contributed by atoms with Gasteiger partial charge >= 0.3 is 0 Å². The van der Waals surface area contributed by atoms with Gasteiger partial charge in [-0.1, -0.05) is 18.2 Å². The molecule has 0 unspecified atom stereocenters. The number of aryl methyl sites for hydroxylation is 1. The van der Waals surface area contributed by atoms with Gasteiger partial charge in [0, 0.05) is 6.42 Å². The quantitative estimate of drug-likeness (QED) is 0.510. The number of epoxide rings is 1. The van der Waals surface area contributed by atoms with Crippen LogP contribution >= 0.6 is 0 Å². The minimum absolute atomic E-state index is 0.463. The van der Waals surface area contributed by atoms with E-state index in [9.17, 15) is 0 Å². The summed E-state index contributed by atoms with van der Waals surface area (Å²) in [7, 11) is 0. The van der Waals surface area contributed by atoms with Gasteiger partial charge in [-0.25, -0.2) is 0 Å². The van der Waals surface area contributed by atoms with Crippen molar-refractivity contribution in [2.75, 3.05) is 0 Å². The summed E-state index contributed by atoms with van der Waals surface area (Å²) in [4.78, 5) is 0. The number of benzene rings is 1. The van der Waals surface area contributed by atoms with E-state index in [4.69, 9.17) is 4.74 Å². The molecular weight excluding hydrogens is 136 g/mol. The van der Waals surface area contributed by atoms with E-state index in [1.165, 1.54) is 16.7 Å². The van der Waals surface area contributed by atoms with Crippen molar-refractivity contribution >= 4 is 0 Å². The summed E-state index contributed by atoms with van der Waals surface area (Å²) in [5.41, 5.74) is 4.40. The Hall–Kier alpha value is -0.820. The Morgan fingerprint density at radius 2 is 2.36 bits per heavy atom. The third-order valence-corrected chi connectivity index (χ3v) is 2.74. The summed E-state index contributed by atoms with van der Waals surface area (Å²) in [6, 6.07) is 6.50. The molecule has 1 saturated heterocycles. The van der Waals surface area contributed by atoms with Crippen molar-refractivity contribution in [3.8, 4) is 0 Å². The van der Waals surface area contributed by atoms with Crippen LogP contribution in [0.2, 0.25) is 0 Å². The first-order valence-electron chi connectivity index (χ1n) is 4.10. The zero-order valence-corrected chi connectivity index (χ0v) is 6.50. The zero-order chi connectivity index (χ0) is 7.42. The van der Waals surface area contributed by atoms with Crippen molar-refractivity contribution in [3.05, 3.63) is 34.9 Å². The smallest absolute Gasteiger partial charge is 0.110 e. The molecule has 0 N–H and O–H groups in total. The lowest BCUT2D eigenvalue weighted by Crippen LogP contribution is -1.92. The molecule has 1 heterocycles. The van der Waals surface area contributed by atoms with Gasteiger partial charge in [-0.15, -0.1) is 0 Å². The first-order chi connectivity index (χ1) is 5.36. The minimum atomic E-state index is 0.463. The minimum Gasteiger partial charge on any atom is -0.364 e. The van der Waals surface area contributed by atoms with Gasteiger partial charge < -0.3 is 4.74 Å². The van der Waals surface area contributed by atoms with Gasteiger partial charge in [-0.3, -0.25) is 0 Å². The highest BCUT2D eigenvalue weighted by atomic mass is 16.6. The molecule has 3 rings (SSSR count). The van der Waals surface area contributed by atoms with E-state index in [1.807, 2.05) is 0 Å². The first kappa shape index (κ1) is 5.78. The molecule has 0 saturated carbocycles. The average Bonchev–Trinajstić information content (AvgIpc) is 2.67. The topological polar surface area (TPSA) is 12.5 Å². The van der Waals surface area contributed by atoms with Crippen molar-refractivity contribution in [1.82, 2.24) is 0 Å². The van der Waals surface area contributed by atoms with Gasteiger partial charge in [0.1, 0.15) is 6.10 Å². The van der Waals surface area contributed by atoms with Crippen molar-refractivity contribution in [1.29, 1.82) is 0 Å². The Bertz CT molecular complexity index is 317. The summed E-state index contributed by atoms with van der Waals surface area (Å²) >= 11 is 0. The fourth-order valence-electron chi connectivity index (χ4n) is 2.04. The van der Waals surface area contributed by atoms with Crippen LogP contribution in [0.4, 0.5) is 0 Å². The van der Waals surface area contributed by atoms with Crippen molar-refractivity contribution in [3.63, 3.8) is 0 Å². The van der Waals surface area contributed by atoms with E-state index < -0.39 is 0 Å². The van der Waals surface area contributed by atoms with Crippen LogP contribution < -0.4 is 0 Å². The third-order valence-electron chi connectivity index (χ3n) is 2.74. The van der Waals surface area contributed by atoms with Crippen molar-refractivity contribution in [2.45, 2.75) is 25.6 Å². The fraction of sp³-hybridized carbons (Fsp3) is 0.400. The lowest BCUT2D eigenvalue weighted by Gasteiger charge is -2.04. The van der Waals surface area contributed by atoms with Gasteiger partial charge in [0.05, 0.1) is 6.10 Å². The Morgan fingerprint density at radius 1 is 1.45 bits per heavy atom. The van der Waals surface area contributed by atoms with E-state index in [-0.39, 0.29) is 0 Å². The SMILES string of the molecule is Cc1cccc2c1C[C@@H]1O[C@@H]21. The standard InChI is InChI=1S/C10H10O/c1-6-3-2-4-7-8(6)5-9-10(7)11-9/h2-4,9-10H,5H2,1H3/t9-,10-/m0/s1. The second kappa shape index (κ2) is 1.67. The molecule has 11 heavy (non-hydrogen) atoms. The molecule has 1 heteroatoms. The van der Waals surface area contributed by atoms with Gasteiger partial charge in [-0.05, 0) is 23.6 Å². The van der Waals surface area contributed by atoms with Crippen LogP contribution in [0.25, 0.3) is 0 Å². The molecule has 1 nitrogen and oxygen atoms in total. The van der Waals surface area contributed by atoms with Gasteiger partial charge in [0.15, 0.2) is 0 Å². The number of rotatable bonds is 0. The highest BCUT2D eigenvalue weighted by molar-refractivity contribution is 5.43. The maximum atomic E-state index is 5.43. The lowest BCUT2D eigenvalue weighted by molar-refractivity contribution is 0.360. The Morgan fingerprint density at radius 3 is 3.18 bits per heavy atom. The van der Waals surface area contributed by atoms with Crippen LogP contribution in [0.3, 0.4) is 0 Å². The number of hydrogen-bond donors (Lipinski definition) is 0. The van der Waals surface area contributed by atoms with Gasteiger partial charge in [0.25, 0.3) is 0 Å². The molecule has 0 amide bonds. The van der Waals surface area contributed by atoms with E-state index in [2.05, 4.69) is 25.1 Å². The zero-order valence-electron chi connectivity index (χ0n) is 6.50. The van der Waals surface area contributed by atoms with Crippen LogP contribution in [0.1, 0.15) is 22.8 Å². The molecule has 1 fully saturated rings. The molecule has 56 valence electrons. The third kappa shape index (κ3) is 0.641. The molecular formula is C10H10O. The summed E-state index contributed by atoms with van der Waals surface area (Å²) in [6.45, 7) is 2.18. The summed E-state index contributed by atoms with van der Waals surface area (Å²) in [5.74, 6) is 0. The predicted molar refractivity (Wildman–Crippen MR) is 42.5 cm³/mol. The van der Waals surface area contributed by atoms with Crippen LogP contribution in [-0.2, 0) is 11.2 Å². The van der Waals surface area contributed by atoms with Crippen LogP contribution in [0, 0.1) is 6.92 Å². The van der Waals surface area contributed by atoms with Gasteiger partial charge in [-0.2, -0.15) is 0 Å². The highest BCUT2D eigenvalue weighted by Gasteiger charge is 2.47. The maximum Gasteiger partial charge on any atom is 0.110 e. The molecule has 1 aromatic carbocycles. The molecule has 0 spiro atoms. The predicted octanol–water partition coefficient (Wildman–Crippen LogP) is 1.99. The molecule has 1 aromatic rings. The molecule has 0 aromatic heterocycles. The lowest BCUT2D eigenvalue weighted by atomic mass is 10.0. The molecule has 0 radical (unpaired) electrons. The van der Waals surface area contributed by atoms with E-state index >= 15 is 0 Å². The van der Waals surface area contributed by atoms with Gasteiger partial charge in [0.2, 0.25) is 0 Å². The molecule has 0 bridgehead atoms. The highest BCUT2D eigenvalue weighted by Crippen LogP contribution is 2.49. The Balaban J connectivity index is 2.24. The normalized spacial score (nSPS) is 31.4. The monoisotopic (exact) mass is 146 g/mol. The molecule has 1 aliphatic carbocycles. The Labute approximate surface area is 66.0 Å². The number of hydrogen-bond acceptors (Lipinski definition) is 1. The van der Waals surface area contributed by atoms with Crippen LogP contribution in [-0.4, -0.2) is 6.10 Å². The second-order valence-electron chi connectivity index (χ2n) is 3.44. The van der Waals surface area contributed by atoms with E-state index in [0.29, 0.717) is 12.2 Å². The number of ether oxygens (including phenoxy) is 1. The maximum absolute atomic E-state index is 5.43. The van der Waals surface area contributed by atoms with E-state index in [0.717, 1.165) is 6.42 Å².